The van der Waals surface area contributed by atoms with Gasteiger partial charge in [-0.3, -0.25) is 0 Å². The fourth-order valence-electron chi connectivity index (χ4n) is 3.59. The normalized spacial score (nSPS) is 21.0. The largest absolute Gasteiger partial charge is 0.368 e. The number of pyridine rings is 1. The summed E-state index contributed by atoms with van der Waals surface area (Å²) in [5.74, 6) is 1.89. The van der Waals surface area contributed by atoms with E-state index >= 15 is 0 Å². The quantitative estimate of drug-likeness (QED) is 0.758. The molecule has 0 amide bonds. The summed E-state index contributed by atoms with van der Waals surface area (Å²) in [6, 6.07) is 8.38. The predicted molar refractivity (Wildman–Crippen MR) is 96.6 cm³/mol. The van der Waals surface area contributed by atoms with Crippen molar-refractivity contribution >= 4 is 17.4 Å². The van der Waals surface area contributed by atoms with Gasteiger partial charge in [-0.25, -0.2) is 9.97 Å². The van der Waals surface area contributed by atoms with E-state index in [-0.39, 0.29) is 6.04 Å². The molecule has 2 fully saturated rings. The van der Waals surface area contributed by atoms with Crippen molar-refractivity contribution in [2.24, 2.45) is 0 Å². The number of fused-ring (bicyclic) bond motifs is 1. The Morgan fingerprint density at radius 2 is 2.12 bits per heavy atom. The lowest BCUT2D eigenvalue weighted by atomic mass is 10.1. The van der Waals surface area contributed by atoms with Gasteiger partial charge in [-0.2, -0.15) is 4.98 Å². The second-order valence-electron chi connectivity index (χ2n) is 6.85. The molecule has 3 aromatic heterocycles. The maximum Gasteiger partial charge on any atom is 0.222 e. The van der Waals surface area contributed by atoms with Crippen molar-refractivity contribution < 1.29 is 0 Å². The molecule has 1 aliphatic heterocycles. The minimum absolute atomic E-state index is 0.201. The molecule has 25 heavy (non-hydrogen) atoms. The Kier molecular flexibility index (Phi) is 3.34. The Balaban J connectivity index is 1.44. The first-order valence-electron chi connectivity index (χ1n) is 8.83. The van der Waals surface area contributed by atoms with Gasteiger partial charge in [0.05, 0.1) is 23.6 Å². The summed E-state index contributed by atoms with van der Waals surface area (Å²) in [7, 11) is 0. The van der Waals surface area contributed by atoms with Crippen molar-refractivity contribution in [1.82, 2.24) is 24.7 Å². The van der Waals surface area contributed by atoms with Gasteiger partial charge in [0.1, 0.15) is 11.5 Å². The van der Waals surface area contributed by atoms with Crippen molar-refractivity contribution in [2.75, 3.05) is 30.3 Å². The highest BCUT2D eigenvalue weighted by Crippen LogP contribution is 2.40. The first kappa shape index (κ1) is 14.7. The van der Waals surface area contributed by atoms with Gasteiger partial charge in [-0.05, 0) is 25.0 Å². The van der Waals surface area contributed by atoms with Gasteiger partial charge < -0.3 is 20.4 Å². The smallest absolute Gasteiger partial charge is 0.222 e. The van der Waals surface area contributed by atoms with E-state index < -0.39 is 0 Å². The Bertz CT molecular complexity index is 915. The van der Waals surface area contributed by atoms with Gasteiger partial charge in [0.2, 0.25) is 5.95 Å². The molecule has 0 spiro atoms. The van der Waals surface area contributed by atoms with E-state index in [1.165, 1.54) is 18.5 Å². The highest BCUT2D eigenvalue weighted by Gasteiger charge is 2.28. The van der Waals surface area contributed by atoms with Crippen LogP contribution >= 0.6 is 0 Å². The molecule has 1 aliphatic carbocycles. The molecule has 4 heterocycles. The van der Waals surface area contributed by atoms with E-state index in [1.54, 1.807) is 0 Å². The first-order chi connectivity index (χ1) is 12.3. The lowest BCUT2D eigenvalue weighted by Crippen LogP contribution is -2.46. The molecule has 1 saturated heterocycles. The van der Waals surface area contributed by atoms with Gasteiger partial charge in [0.25, 0.3) is 0 Å². The van der Waals surface area contributed by atoms with Crippen LogP contribution in [0, 0.1) is 0 Å². The third kappa shape index (κ3) is 2.70. The van der Waals surface area contributed by atoms with Gasteiger partial charge in [0, 0.05) is 37.8 Å². The monoisotopic (exact) mass is 335 g/mol. The average Bonchev–Trinajstić information content (AvgIpc) is 3.41. The highest BCUT2D eigenvalue weighted by atomic mass is 15.3. The van der Waals surface area contributed by atoms with E-state index in [2.05, 4.69) is 41.8 Å². The third-order valence-electron chi connectivity index (χ3n) is 5.05. The zero-order valence-corrected chi connectivity index (χ0v) is 14.0. The van der Waals surface area contributed by atoms with Crippen LogP contribution in [0.3, 0.4) is 0 Å². The van der Waals surface area contributed by atoms with E-state index in [1.807, 2.05) is 24.4 Å². The lowest BCUT2D eigenvalue weighted by Gasteiger charge is -2.34. The van der Waals surface area contributed by atoms with Crippen LogP contribution in [-0.4, -0.2) is 39.0 Å². The molecule has 1 saturated carbocycles. The summed E-state index contributed by atoms with van der Waals surface area (Å²) >= 11 is 0. The molecule has 1 unspecified atom stereocenters. The van der Waals surface area contributed by atoms with Gasteiger partial charge in [-0.15, -0.1) is 0 Å². The van der Waals surface area contributed by atoms with E-state index in [0.29, 0.717) is 11.9 Å². The third-order valence-corrected chi connectivity index (χ3v) is 5.05. The predicted octanol–water partition coefficient (Wildman–Crippen LogP) is 1.73. The fraction of sp³-hybridized carbons (Fsp3) is 0.389. The number of imidazole rings is 1. The van der Waals surface area contributed by atoms with Gasteiger partial charge in [-0.1, -0.05) is 6.07 Å². The summed E-state index contributed by atoms with van der Waals surface area (Å²) in [4.78, 5) is 15.7. The molecule has 3 aromatic rings. The lowest BCUT2D eigenvalue weighted by molar-refractivity contribution is 0.459. The molecule has 7 nitrogen and oxygen atoms in total. The Hall–Kier alpha value is -2.67. The van der Waals surface area contributed by atoms with Crippen molar-refractivity contribution in [3.63, 3.8) is 0 Å². The summed E-state index contributed by atoms with van der Waals surface area (Å²) < 4.78 is 2.14. The summed E-state index contributed by atoms with van der Waals surface area (Å²) in [6.45, 7) is 2.64. The Labute approximate surface area is 145 Å². The number of nitrogens with zero attached hydrogens (tertiary/aromatic N) is 5. The average molecular weight is 335 g/mol. The van der Waals surface area contributed by atoms with Crippen LogP contribution in [0.4, 0.5) is 11.8 Å². The number of hydrogen-bond donors (Lipinski definition) is 2. The maximum absolute atomic E-state index is 5.96. The number of nitrogens with one attached hydrogen (secondary N) is 1. The zero-order valence-electron chi connectivity index (χ0n) is 14.0. The van der Waals surface area contributed by atoms with Crippen molar-refractivity contribution in [3.05, 3.63) is 48.0 Å². The molecule has 7 heteroatoms. The topological polar surface area (TPSA) is 84.4 Å². The van der Waals surface area contributed by atoms with Crippen molar-refractivity contribution in [3.8, 4) is 0 Å². The fourth-order valence-corrected chi connectivity index (χ4v) is 3.59. The molecule has 2 aliphatic rings. The molecule has 3 N–H and O–H groups in total. The number of nitrogens with two attached hydrogens (primary N) is 1. The van der Waals surface area contributed by atoms with E-state index in [9.17, 15) is 0 Å². The highest BCUT2D eigenvalue weighted by molar-refractivity contribution is 5.47. The number of nitrogen functional groups attached to an aromatic ring is 1. The van der Waals surface area contributed by atoms with E-state index in [4.69, 9.17) is 5.73 Å². The number of anilines is 2. The minimum Gasteiger partial charge on any atom is -0.368 e. The molecule has 0 bridgehead atoms. The summed E-state index contributed by atoms with van der Waals surface area (Å²) in [5, 5.41) is 3.60. The summed E-state index contributed by atoms with van der Waals surface area (Å²) in [5.41, 5.74) is 9.19. The SMILES string of the molecule is Nc1nc(C2CC2)cc(N2CCNC(c3cnc4ccccn34)C2)n1. The summed E-state index contributed by atoms with van der Waals surface area (Å²) in [6.07, 6.45) is 6.44. The molecule has 1 atom stereocenters. The maximum atomic E-state index is 5.96. The van der Waals surface area contributed by atoms with Crippen LogP contribution in [0.5, 0.6) is 0 Å². The molecule has 128 valence electrons. The van der Waals surface area contributed by atoms with Crippen LogP contribution in [0.1, 0.15) is 36.2 Å². The number of piperazine rings is 1. The first-order valence-corrected chi connectivity index (χ1v) is 8.83. The standard InChI is InChI=1S/C18H21N7/c19-18-22-13(12-4-5-12)9-17(23-18)24-8-6-20-14(11-24)15-10-21-16-3-1-2-7-25(15)16/h1-3,7,9-10,12,14,20H,4-6,8,11H2,(H2,19,22,23). The van der Waals surface area contributed by atoms with Crippen molar-refractivity contribution in [1.29, 1.82) is 0 Å². The van der Waals surface area contributed by atoms with Crippen LogP contribution in [0.25, 0.3) is 5.65 Å². The second kappa shape index (κ2) is 5.70. The van der Waals surface area contributed by atoms with E-state index in [0.717, 1.165) is 36.8 Å². The minimum atomic E-state index is 0.201. The molecule has 0 aromatic carbocycles. The Morgan fingerprint density at radius 3 is 3.00 bits per heavy atom. The van der Waals surface area contributed by atoms with Crippen LogP contribution < -0.4 is 16.0 Å². The van der Waals surface area contributed by atoms with Gasteiger partial charge in [0.15, 0.2) is 0 Å². The second-order valence-corrected chi connectivity index (χ2v) is 6.85. The zero-order chi connectivity index (χ0) is 16.8. The number of rotatable bonds is 3. The van der Waals surface area contributed by atoms with Crippen LogP contribution in [0.2, 0.25) is 0 Å². The molecule has 5 rings (SSSR count). The Morgan fingerprint density at radius 1 is 1.20 bits per heavy atom. The van der Waals surface area contributed by atoms with Gasteiger partial charge >= 0.3 is 0 Å². The number of hydrogen-bond acceptors (Lipinski definition) is 6. The molecular formula is C18H21N7. The molecule has 0 radical (unpaired) electrons. The van der Waals surface area contributed by atoms with Crippen LogP contribution in [-0.2, 0) is 0 Å². The number of aromatic nitrogens is 4. The van der Waals surface area contributed by atoms with Crippen LogP contribution in [0.15, 0.2) is 36.7 Å². The molecular weight excluding hydrogens is 314 g/mol. The van der Waals surface area contributed by atoms with Crippen molar-refractivity contribution in [2.45, 2.75) is 24.8 Å².